The highest BCUT2D eigenvalue weighted by atomic mass is 16.1. The largest absolute Gasteiger partial charge is 0.303 e. The van der Waals surface area contributed by atoms with Gasteiger partial charge in [-0.05, 0) is 32.1 Å². The van der Waals surface area contributed by atoms with Crippen molar-refractivity contribution in [2.75, 3.05) is 0 Å². The second-order valence-electron chi connectivity index (χ2n) is 4.11. The van der Waals surface area contributed by atoms with Crippen molar-refractivity contribution in [3.8, 4) is 0 Å². The van der Waals surface area contributed by atoms with Gasteiger partial charge < -0.3 is 4.79 Å². The summed E-state index contributed by atoms with van der Waals surface area (Å²) >= 11 is 0. The summed E-state index contributed by atoms with van der Waals surface area (Å²) in [4.78, 5) is 10.1. The lowest BCUT2D eigenvalue weighted by Gasteiger charge is -1.85. The van der Waals surface area contributed by atoms with Gasteiger partial charge >= 0.3 is 0 Å². The Kier molecular flexibility index (Phi) is 15.0. The van der Waals surface area contributed by atoms with Gasteiger partial charge in [0.15, 0.2) is 0 Å². The number of carbonyl (C=O) groups is 1. The standard InChI is InChI=1S/C18H26O/c1-2-3-4-5-6-7-8-9-10-11-12-13-14-15-16-17-18-19/h3-4,6-7,9-10,12-13,15-16,18H,2,5,8,11,14,17H2,1H3/b4-3+,7-6+,10-9+,13-12+,16-15+. The molecule has 0 atom stereocenters. The maximum absolute atomic E-state index is 10.1. The molecule has 104 valence electrons. The van der Waals surface area contributed by atoms with Gasteiger partial charge in [-0.3, -0.25) is 0 Å². The van der Waals surface area contributed by atoms with Crippen molar-refractivity contribution in [1.29, 1.82) is 0 Å². The Balaban J connectivity index is 3.45. The summed E-state index contributed by atoms with van der Waals surface area (Å²) in [6.07, 6.45) is 27.8. The number of rotatable bonds is 11. The monoisotopic (exact) mass is 258 g/mol. The van der Waals surface area contributed by atoms with E-state index in [0.717, 1.165) is 38.4 Å². The van der Waals surface area contributed by atoms with Crippen LogP contribution in [0, 0.1) is 0 Å². The highest BCUT2D eigenvalue weighted by molar-refractivity contribution is 5.51. The van der Waals surface area contributed by atoms with Crippen molar-refractivity contribution in [2.24, 2.45) is 0 Å². The zero-order valence-electron chi connectivity index (χ0n) is 12.0. The maximum atomic E-state index is 10.1. The normalized spacial score (nSPS) is 12.9. The minimum atomic E-state index is 0.521. The maximum Gasteiger partial charge on any atom is 0.123 e. The molecule has 0 aromatic carbocycles. The molecule has 0 aliphatic rings. The lowest BCUT2D eigenvalue weighted by Crippen LogP contribution is -1.66. The molecule has 0 unspecified atom stereocenters. The van der Waals surface area contributed by atoms with E-state index >= 15 is 0 Å². The second kappa shape index (κ2) is 16.4. The van der Waals surface area contributed by atoms with E-state index in [9.17, 15) is 4.79 Å². The Hall–Kier alpha value is -1.63. The van der Waals surface area contributed by atoms with Crippen LogP contribution >= 0.6 is 0 Å². The van der Waals surface area contributed by atoms with E-state index in [1.54, 1.807) is 0 Å². The molecule has 0 rings (SSSR count). The molecule has 1 nitrogen and oxygen atoms in total. The molecule has 0 fully saturated rings. The Labute approximate surface area is 118 Å². The van der Waals surface area contributed by atoms with Gasteiger partial charge in [-0.1, -0.05) is 67.7 Å². The molecule has 0 saturated heterocycles. The minimum absolute atomic E-state index is 0.521. The molecule has 0 bridgehead atoms. The van der Waals surface area contributed by atoms with Gasteiger partial charge in [-0.25, -0.2) is 0 Å². The number of carbonyl (C=O) groups excluding carboxylic acids is 1. The molecule has 0 aromatic rings. The SMILES string of the molecule is CC/C=C/C/C=C/C/C=C/C/C=C/C/C=C/CC=O. The third-order valence-electron chi connectivity index (χ3n) is 2.39. The van der Waals surface area contributed by atoms with Crippen molar-refractivity contribution < 1.29 is 4.79 Å². The quantitative estimate of drug-likeness (QED) is 0.362. The molecule has 0 N–H and O–H groups in total. The first-order valence-electron chi connectivity index (χ1n) is 7.10. The summed E-state index contributed by atoms with van der Waals surface area (Å²) in [7, 11) is 0. The Morgan fingerprint density at radius 1 is 0.526 bits per heavy atom. The number of allylic oxidation sites excluding steroid dienone is 10. The van der Waals surface area contributed by atoms with Gasteiger partial charge in [-0.15, -0.1) is 0 Å². The Bertz CT molecular complexity index is 330. The summed E-state index contributed by atoms with van der Waals surface area (Å²) in [5, 5.41) is 0. The molecule has 1 heteroatoms. The summed E-state index contributed by atoms with van der Waals surface area (Å²) in [5.41, 5.74) is 0. The van der Waals surface area contributed by atoms with Gasteiger partial charge in [0.2, 0.25) is 0 Å². The van der Waals surface area contributed by atoms with E-state index < -0.39 is 0 Å². The molecule has 0 aliphatic heterocycles. The number of hydrogen-bond donors (Lipinski definition) is 0. The van der Waals surface area contributed by atoms with Crippen LogP contribution in [0.15, 0.2) is 60.8 Å². The van der Waals surface area contributed by atoms with Gasteiger partial charge in [0.05, 0.1) is 0 Å². The zero-order chi connectivity index (χ0) is 14.0. The van der Waals surface area contributed by atoms with Crippen molar-refractivity contribution in [3.63, 3.8) is 0 Å². The predicted molar refractivity (Wildman–Crippen MR) is 85.1 cm³/mol. The smallest absolute Gasteiger partial charge is 0.123 e. The van der Waals surface area contributed by atoms with Crippen LogP contribution in [-0.2, 0) is 4.79 Å². The van der Waals surface area contributed by atoms with E-state index in [1.807, 2.05) is 12.2 Å². The van der Waals surface area contributed by atoms with Crippen LogP contribution < -0.4 is 0 Å². The van der Waals surface area contributed by atoms with E-state index in [1.165, 1.54) is 0 Å². The first-order chi connectivity index (χ1) is 9.41. The van der Waals surface area contributed by atoms with Gasteiger partial charge in [-0.2, -0.15) is 0 Å². The Morgan fingerprint density at radius 2 is 0.842 bits per heavy atom. The molecule has 0 radical (unpaired) electrons. The highest BCUT2D eigenvalue weighted by Gasteiger charge is 1.75. The predicted octanol–water partition coefficient (Wildman–Crippen LogP) is 5.33. The van der Waals surface area contributed by atoms with Crippen LogP contribution in [0.25, 0.3) is 0 Å². The van der Waals surface area contributed by atoms with Crippen molar-refractivity contribution in [3.05, 3.63) is 60.8 Å². The van der Waals surface area contributed by atoms with Crippen LogP contribution in [0.2, 0.25) is 0 Å². The van der Waals surface area contributed by atoms with Crippen molar-refractivity contribution in [2.45, 2.75) is 45.4 Å². The fourth-order valence-electron chi connectivity index (χ4n) is 1.40. The summed E-state index contributed by atoms with van der Waals surface area (Å²) in [6.45, 7) is 2.15. The third-order valence-corrected chi connectivity index (χ3v) is 2.39. The highest BCUT2D eigenvalue weighted by Crippen LogP contribution is 1.95. The summed E-state index contributed by atoms with van der Waals surface area (Å²) < 4.78 is 0. The van der Waals surface area contributed by atoms with E-state index in [0.29, 0.717) is 6.42 Å². The van der Waals surface area contributed by atoms with Gasteiger partial charge in [0.25, 0.3) is 0 Å². The molecular formula is C18H26O. The molecule has 0 aromatic heterocycles. The van der Waals surface area contributed by atoms with Gasteiger partial charge in [0, 0.05) is 6.42 Å². The molecule has 19 heavy (non-hydrogen) atoms. The third kappa shape index (κ3) is 16.4. The molecule has 0 heterocycles. The molecule has 0 aliphatic carbocycles. The van der Waals surface area contributed by atoms with Crippen LogP contribution in [0.1, 0.15) is 45.4 Å². The van der Waals surface area contributed by atoms with Gasteiger partial charge in [0.1, 0.15) is 6.29 Å². The lowest BCUT2D eigenvalue weighted by molar-refractivity contribution is -0.107. The number of hydrogen-bond acceptors (Lipinski definition) is 1. The minimum Gasteiger partial charge on any atom is -0.303 e. The number of aldehydes is 1. The molecule has 0 amide bonds. The van der Waals surface area contributed by atoms with Crippen molar-refractivity contribution in [1.82, 2.24) is 0 Å². The van der Waals surface area contributed by atoms with Crippen molar-refractivity contribution >= 4 is 6.29 Å². The van der Waals surface area contributed by atoms with E-state index in [2.05, 4.69) is 55.5 Å². The fourth-order valence-corrected chi connectivity index (χ4v) is 1.40. The Morgan fingerprint density at radius 3 is 1.16 bits per heavy atom. The average Bonchev–Trinajstić information content (AvgIpc) is 2.43. The topological polar surface area (TPSA) is 17.1 Å². The average molecular weight is 258 g/mol. The summed E-state index contributed by atoms with van der Waals surface area (Å²) in [6, 6.07) is 0. The van der Waals surface area contributed by atoms with Crippen LogP contribution in [0.5, 0.6) is 0 Å². The fraction of sp³-hybridized carbons (Fsp3) is 0.389. The van der Waals surface area contributed by atoms with E-state index in [4.69, 9.17) is 0 Å². The van der Waals surface area contributed by atoms with E-state index in [-0.39, 0.29) is 0 Å². The lowest BCUT2D eigenvalue weighted by atomic mass is 10.2. The van der Waals surface area contributed by atoms with Crippen LogP contribution in [0.4, 0.5) is 0 Å². The van der Waals surface area contributed by atoms with Crippen LogP contribution in [-0.4, -0.2) is 6.29 Å². The zero-order valence-corrected chi connectivity index (χ0v) is 12.0. The molecule has 0 spiro atoms. The first kappa shape index (κ1) is 17.4. The van der Waals surface area contributed by atoms with Crippen LogP contribution in [0.3, 0.4) is 0 Å². The second-order valence-corrected chi connectivity index (χ2v) is 4.11. The molecular weight excluding hydrogens is 232 g/mol. The molecule has 0 saturated carbocycles. The summed E-state index contributed by atoms with van der Waals surface area (Å²) in [5.74, 6) is 0. The first-order valence-corrected chi connectivity index (χ1v) is 7.10.